The van der Waals surface area contributed by atoms with Crippen molar-refractivity contribution in [2.24, 2.45) is 0 Å². The molecule has 2 rings (SSSR count). The van der Waals surface area contributed by atoms with Crippen molar-refractivity contribution >= 4 is 23.3 Å². The molecule has 0 aliphatic heterocycles. The molecule has 0 amide bonds. The quantitative estimate of drug-likeness (QED) is 0.859. The van der Waals surface area contributed by atoms with Gasteiger partial charge in [0.1, 0.15) is 0 Å². The summed E-state index contributed by atoms with van der Waals surface area (Å²) in [4.78, 5) is 11.1. The summed E-state index contributed by atoms with van der Waals surface area (Å²) < 4.78 is 0. The fraction of sp³-hybridized carbons (Fsp3) is 0.462. The summed E-state index contributed by atoms with van der Waals surface area (Å²) in [5, 5.41) is 13.1. The van der Waals surface area contributed by atoms with Crippen LogP contribution in [0.1, 0.15) is 43.0 Å². The van der Waals surface area contributed by atoms with Crippen LogP contribution in [-0.2, 0) is 0 Å². The van der Waals surface area contributed by atoms with Crippen LogP contribution in [0.5, 0.6) is 0 Å². The Bertz CT molecular complexity index is 436. The zero-order valence-corrected chi connectivity index (χ0v) is 10.5. The van der Waals surface area contributed by atoms with E-state index >= 15 is 0 Å². The third kappa shape index (κ3) is 2.39. The lowest BCUT2D eigenvalue weighted by Crippen LogP contribution is -2.44. The summed E-state index contributed by atoms with van der Waals surface area (Å²) >= 11 is 5.92. The van der Waals surface area contributed by atoms with Gasteiger partial charge in [-0.3, -0.25) is 0 Å². The average molecular weight is 254 g/mol. The second-order valence-corrected chi connectivity index (χ2v) is 5.04. The Hall–Kier alpha value is -1.22. The van der Waals surface area contributed by atoms with Crippen LogP contribution < -0.4 is 5.32 Å². The fourth-order valence-electron chi connectivity index (χ4n) is 2.26. The van der Waals surface area contributed by atoms with Gasteiger partial charge in [0, 0.05) is 10.6 Å². The van der Waals surface area contributed by atoms with Crippen LogP contribution in [0, 0.1) is 0 Å². The topological polar surface area (TPSA) is 49.3 Å². The first-order valence-corrected chi connectivity index (χ1v) is 6.25. The Morgan fingerprint density at radius 3 is 2.71 bits per heavy atom. The van der Waals surface area contributed by atoms with Crippen molar-refractivity contribution in [3.05, 3.63) is 28.8 Å². The summed E-state index contributed by atoms with van der Waals surface area (Å²) in [7, 11) is 0. The van der Waals surface area contributed by atoms with Crippen LogP contribution in [0.25, 0.3) is 0 Å². The molecule has 0 spiro atoms. The van der Waals surface area contributed by atoms with Gasteiger partial charge in [-0.25, -0.2) is 4.79 Å². The number of anilines is 1. The van der Waals surface area contributed by atoms with E-state index in [9.17, 15) is 4.79 Å². The molecule has 2 N–H and O–H groups in total. The maximum Gasteiger partial charge on any atom is 0.337 e. The number of benzene rings is 1. The van der Waals surface area contributed by atoms with Gasteiger partial charge in [0.25, 0.3) is 0 Å². The first-order chi connectivity index (χ1) is 8.06. The van der Waals surface area contributed by atoms with Gasteiger partial charge in [-0.1, -0.05) is 18.5 Å². The summed E-state index contributed by atoms with van der Waals surface area (Å²) in [6.07, 6.45) is 4.38. The smallest absolute Gasteiger partial charge is 0.337 e. The minimum Gasteiger partial charge on any atom is -0.478 e. The van der Waals surface area contributed by atoms with Gasteiger partial charge in [0.05, 0.1) is 11.3 Å². The Balaban J connectivity index is 2.30. The summed E-state index contributed by atoms with van der Waals surface area (Å²) in [6, 6.07) is 4.85. The molecule has 4 heteroatoms. The summed E-state index contributed by atoms with van der Waals surface area (Å²) in [5.74, 6) is -0.922. The van der Waals surface area contributed by atoms with Gasteiger partial charge >= 0.3 is 5.97 Å². The second kappa shape index (κ2) is 4.57. The maximum absolute atomic E-state index is 11.1. The second-order valence-electron chi connectivity index (χ2n) is 4.61. The highest BCUT2D eigenvalue weighted by atomic mass is 35.5. The Labute approximate surface area is 106 Å². The van der Waals surface area contributed by atoms with Crippen LogP contribution in [0.3, 0.4) is 0 Å². The van der Waals surface area contributed by atoms with Gasteiger partial charge in [0.2, 0.25) is 0 Å². The van der Waals surface area contributed by atoms with E-state index in [-0.39, 0.29) is 11.1 Å². The SMILES string of the molecule is CCC1(Nc2cc(Cl)ccc2C(=O)O)CCC1. The largest absolute Gasteiger partial charge is 0.478 e. The highest BCUT2D eigenvalue weighted by Gasteiger charge is 2.35. The van der Waals surface area contributed by atoms with E-state index in [1.807, 2.05) is 0 Å². The highest BCUT2D eigenvalue weighted by molar-refractivity contribution is 6.31. The molecule has 0 radical (unpaired) electrons. The molecule has 0 bridgehead atoms. The first kappa shape index (κ1) is 12.2. The Morgan fingerprint density at radius 2 is 2.24 bits per heavy atom. The molecule has 0 aromatic heterocycles. The van der Waals surface area contributed by atoms with Crippen molar-refractivity contribution in [2.45, 2.75) is 38.1 Å². The Morgan fingerprint density at radius 1 is 1.53 bits per heavy atom. The number of carboxylic acids is 1. The number of aromatic carboxylic acids is 1. The van der Waals surface area contributed by atoms with E-state index < -0.39 is 5.97 Å². The zero-order chi connectivity index (χ0) is 12.5. The minimum atomic E-state index is -0.922. The van der Waals surface area contributed by atoms with Gasteiger partial charge in [-0.05, 0) is 43.9 Å². The molecule has 3 nitrogen and oxygen atoms in total. The predicted molar refractivity (Wildman–Crippen MR) is 68.9 cm³/mol. The molecule has 0 heterocycles. The van der Waals surface area contributed by atoms with E-state index in [4.69, 9.17) is 16.7 Å². The number of nitrogens with one attached hydrogen (secondary N) is 1. The molecule has 1 aliphatic carbocycles. The number of carboxylic acid groups (broad SMARTS) is 1. The normalized spacial score (nSPS) is 17.3. The van der Waals surface area contributed by atoms with E-state index in [1.54, 1.807) is 18.2 Å². The molecule has 0 saturated heterocycles. The summed E-state index contributed by atoms with van der Waals surface area (Å²) in [6.45, 7) is 2.12. The lowest BCUT2D eigenvalue weighted by Gasteiger charge is -2.43. The third-order valence-electron chi connectivity index (χ3n) is 3.60. The molecule has 1 saturated carbocycles. The van der Waals surface area contributed by atoms with Crippen molar-refractivity contribution in [1.82, 2.24) is 0 Å². The number of hydrogen-bond acceptors (Lipinski definition) is 2. The van der Waals surface area contributed by atoms with Crippen molar-refractivity contribution in [2.75, 3.05) is 5.32 Å². The molecular formula is C13H16ClNO2. The molecule has 1 aliphatic rings. The maximum atomic E-state index is 11.1. The van der Waals surface area contributed by atoms with Crippen molar-refractivity contribution in [1.29, 1.82) is 0 Å². The van der Waals surface area contributed by atoms with Gasteiger partial charge in [-0.2, -0.15) is 0 Å². The van der Waals surface area contributed by atoms with Crippen molar-refractivity contribution in [3.8, 4) is 0 Å². The summed E-state index contributed by atoms with van der Waals surface area (Å²) in [5.41, 5.74) is 0.982. The first-order valence-electron chi connectivity index (χ1n) is 5.87. The van der Waals surface area contributed by atoms with Crippen LogP contribution in [0.15, 0.2) is 18.2 Å². The van der Waals surface area contributed by atoms with Crippen LogP contribution in [0.4, 0.5) is 5.69 Å². The van der Waals surface area contributed by atoms with E-state index in [1.165, 1.54) is 6.42 Å². The fourth-order valence-corrected chi connectivity index (χ4v) is 2.43. The molecule has 92 valence electrons. The molecule has 1 fully saturated rings. The molecule has 0 unspecified atom stereocenters. The Kier molecular flexibility index (Phi) is 3.29. The highest BCUT2D eigenvalue weighted by Crippen LogP contribution is 2.39. The number of carbonyl (C=O) groups is 1. The molecule has 17 heavy (non-hydrogen) atoms. The monoisotopic (exact) mass is 253 g/mol. The van der Waals surface area contributed by atoms with Gasteiger partial charge in [-0.15, -0.1) is 0 Å². The number of halogens is 1. The van der Waals surface area contributed by atoms with Gasteiger partial charge in [0.15, 0.2) is 0 Å². The van der Waals surface area contributed by atoms with E-state index in [2.05, 4.69) is 12.2 Å². The molecule has 0 atom stereocenters. The lowest BCUT2D eigenvalue weighted by atomic mass is 9.74. The minimum absolute atomic E-state index is 0.0644. The average Bonchev–Trinajstić information content (AvgIpc) is 2.23. The van der Waals surface area contributed by atoms with Crippen LogP contribution in [-0.4, -0.2) is 16.6 Å². The molecule has 1 aromatic carbocycles. The van der Waals surface area contributed by atoms with Crippen LogP contribution in [0.2, 0.25) is 5.02 Å². The molecule has 1 aromatic rings. The third-order valence-corrected chi connectivity index (χ3v) is 3.83. The van der Waals surface area contributed by atoms with E-state index in [0.717, 1.165) is 19.3 Å². The number of hydrogen-bond donors (Lipinski definition) is 2. The standard InChI is InChI=1S/C13H16ClNO2/c1-2-13(6-3-7-13)15-11-8-9(14)4-5-10(11)12(16)17/h4-5,8,15H,2-3,6-7H2,1H3,(H,16,17). The van der Waals surface area contributed by atoms with Crippen LogP contribution >= 0.6 is 11.6 Å². The molecular weight excluding hydrogens is 238 g/mol. The van der Waals surface area contributed by atoms with Crippen molar-refractivity contribution < 1.29 is 9.90 Å². The van der Waals surface area contributed by atoms with Crippen molar-refractivity contribution in [3.63, 3.8) is 0 Å². The lowest BCUT2D eigenvalue weighted by molar-refractivity contribution is 0.0697. The predicted octanol–water partition coefficient (Wildman–Crippen LogP) is 3.78. The van der Waals surface area contributed by atoms with E-state index in [0.29, 0.717) is 10.7 Å². The van der Waals surface area contributed by atoms with Gasteiger partial charge < -0.3 is 10.4 Å². The number of rotatable bonds is 4. The zero-order valence-electron chi connectivity index (χ0n) is 9.79.